The van der Waals surface area contributed by atoms with Gasteiger partial charge in [-0.05, 0) is 24.3 Å². The molecule has 2 rings (SSSR count). The van der Waals surface area contributed by atoms with E-state index in [4.69, 9.17) is 10.5 Å². The van der Waals surface area contributed by atoms with Gasteiger partial charge in [-0.1, -0.05) is 56.1 Å². The van der Waals surface area contributed by atoms with Gasteiger partial charge in [0.05, 0.1) is 38.1 Å². The lowest BCUT2D eigenvalue weighted by Crippen LogP contribution is -2.96. The molecule has 2 aromatic rings. The molecule has 134 valence electrons. The molecule has 0 fully saturated rings. The van der Waals surface area contributed by atoms with Crippen molar-refractivity contribution < 1.29 is 10.6 Å². The van der Waals surface area contributed by atoms with Crippen molar-refractivity contribution in [2.24, 2.45) is 0 Å². The summed E-state index contributed by atoms with van der Waals surface area (Å²) in [5.41, 5.74) is 2.43. The second-order valence-electron chi connectivity index (χ2n) is 6.02. The van der Waals surface area contributed by atoms with Crippen LogP contribution in [0.4, 0.5) is 0 Å². The summed E-state index contributed by atoms with van der Waals surface area (Å²) in [5, 5.41) is 22.3. The molecule has 0 bridgehead atoms. The van der Waals surface area contributed by atoms with Gasteiger partial charge in [-0.3, -0.25) is 0 Å². The number of nitrogens with two attached hydrogens (primary N) is 2. The Morgan fingerprint density at radius 3 is 1.35 bits per heavy atom. The Balaban J connectivity index is 2.34. The number of hydrogen-bond acceptors (Lipinski definition) is 2. The predicted molar refractivity (Wildman–Crippen MR) is 108 cm³/mol. The second-order valence-corrected chi connectivity index (χ2v) is 7.85. The minimum absolute atomic E-state index is 0.163. The maximum atomic E-state index is 8.92. The van der Waals surface area contributed by atoms with Gasteiger partial charge in [0.1, 0.15) is 0 Å². The maximum Gasteiger partial charge on any atom is 0.168 e. The van der Waals surface area contributed by atoms with E-state index >= 15 is 0 Å². The number of nitriles is 2. The van der Waals surface area contributed by atoms with Crippen molar-refractivity contribution in [1.82, 2.24) is 0 Å². The maximum absolute atomic E-state index is 8.92. The molecule has 0 saturated carbocycles. The molecule has 0 spiro atoms. The summed E-state index contributed by atoms with van der Waals surface area (Å²) in [5.74, 6) is 0. The fraction of sp³-hybridized carbons (Fsp3) is 0.300. The Morgan fingerprint density at radius 1 is 0.692 bits per heavy atom. The molecule has 6 heteroatoms. The van der Waals surface area contributed by atoms with Crippen LogP contribution in [0.5, 0.6) is 0 Å². The quantitative estimate of drug-likeness (QED) is 0.544. The SMILES string of the molecule is N#CCC[NH2+][C@H](c1ccc(Br)cc1)[C@@H]([NH2+]CCC#N)c1ccc(Br)cc1. The summed E-state index contributed by atoms with van der Waals surface area (Å²) in [4.78, 5) is 0. The van der Waals surface area contributed by atoms with Crippen molar-refractivity contribution >= 4 is 31.9 Å². The molecule has 0 unspecified atom stereocenters. The standard InChI is InChI=1S/C20H20Br2N4/c21-17-7-3-15(4-8-17)19(25-13-1-11-23)20(26-14-2-12-24)16-5-9-18(22)10-6-16/h3-10,19-20,25-26H,1-2,13-14H2/p+2/t19-,20+. The molecule has 26 heavy (non-hydrogen) atoms. The highest BCUT2D eigenvalue weighted by Crippen LogP contribution is 2.25. The van der Waals surface area contributed by atoms with Gasteiger partial charge in [0.25, 0.3) is 0 Å². The van der Waals surface area contributed by atoms with E-state index in [1.807, 2.05) is 24.3 Å². The molecule has 0 aliphatic rings. The average Bonchev–Trinajstić information content (AvgIpc) is 2.65. The number of quaternary nitrogens is 2. The summed E-state index contributed by atoms with van der Waals surface area (Å²) in [6, 6.07) is 21.5. The van der Waals surface area contributed by atoms with Crippen molar-refractivity contribution in [3.05, 3.63) is 68.6 Å². The molecular weight excluding hydrogens is 456 g/mol. The van der Waals surface area contributed by atoms with Crippen LogP contribution in [0.15, 0.2) is 57.5 Å². The Labute approximate surface area is 171 Å². The lowest BCUT2D eigenvalue weighted by atomic mass is 9.93. The van der Waals surface area contributed by atoms with Crippen molar-refractivity contribution in [3.8, 4) is 12.1 Å². The van der Waals surface area contributed by atoms with Crippen LogP contribution in [0, 0.1) is 22.7 Å². The summed E-state index contributed by atoms with van der Waals surface area (Å²) in [7, 11) is 0. The van der Waals surface area contributed by atoms with Gasteiger partial charge in [-0.15, -0.1) is 0 Å². The normalized spacial score (nSPS) is 12.8. The van der Waals surface area contributed by atoms with E-state index in [0.29, 0.717) is 12.8 Å². The van der Waals surface area contributed by atoms with Crippen LogP contribution in [0.1, 0.15) is 36.1 Å². The number of hydrogen-bond donors (Lipinski definition) is 2. The Kier molecular flexibility index (Phi) is 8.80. The summed E-state index contributed by atoms with van der Waals surface area (Å²) in [6.45, 7) is 1.49. The van der Waals surface area contributed by atoms with E-state index in [1.165, 1.54) is 11.1 Å². The van der Waals surface area contributed by atoms with Crippen molar-refractivity contribution in [2.45, 2.75) is 24.9 Å². The fourth-order valence-corrected chi connectivity index (χ4v) is 3.53. The first-order chi connectivity index (χ1) is 12.7. The van der Waals surface area contributed by atoms with Gasteiger partial charge in [-0.2, -0.15) is 10.5 Å². The molecule has 0 aliphatic carbocycles. The molecule has 0 heterocycles. The third-order valence-electron chi connectivity index (χ3n) is 4.25. The Morgan fingerprint density at radius 2 is 1.04 bits per heavy atom. The van der Waals surface area contributed by atoms with Gasteiger partial charge in [-0.25, -0.2) is 0 Å². The highest BCUT2D eigenvalue weighted by Gasteiger charge is 2.30. The average molecular weight is 478 g/mol. The Hall–Kier alpha value is -1.70. The van der Waals surface area contributed by atoms with Crippen molar-refractivity contribution in [1.29, 1.82) is 10.5 Å². The lowest BCUT2D eigenvalue weighted by Gasteiger charge is -2.24. The molecular formula is C20H22Br2N4+2. The zero-order valence-corrected chi connectivity index (χ0v) is 17.6. The lowest BCUT2D eigenvalue weighted by molar-refractivity contribution is -0.784. The fourth-order valence-electron chi connectivity index (χ4n) is 3.00. The summed E-state index contributed by atoms with van der Waals surface area (Å²) < 4.78 is 2.09. The zero-order valence-electron chi connectivity index (χ0n) is 14.4. The molecule has 2 aromatic carbocycles. The van der Waals surface area contributed by atoms with Crippen LogP contribution in [-0.4, -0.2) is 13.1 Å². The van der Waals surface area contributed by atoms with Crippen molar-refractivity contribution in [2.75, 3.05) is 13.1 Å². The first-order valence-corrected chi connectivity index (χ1v) is 10.2. The molecule has 4 N–H and O–H groups in total. The second kappa shape index (κ2) is 11.1. The molecule has 0 aliphatic heterocycles. The number of nitrogens with zero attached hydrogens (tertiary/aromatic N) is 2. The monoisotopic (exact) mass is 476 g/mol. The van der Waals surface area contributed by atoms with E-state index < -0.39 is 0 Å². The number of benzene rings is 2. The van der Waals surface area contributed by atoms with Crippen molar-refractivity contribution in [3.63, 3.8) is 0 Å². The van der Waals surface area contributed by atoms with Gasteiger partial charge >= 0.3 is 0 Å². The third-order valence-corrected chi connectivity index (χ3v) is 5.31. The number of rotatable bonds is 9. The third kappa shape index (κ3) is 6.23. The minimum atomic E-state index is 0.163. The first kappa shape index (κ1) is 20.6. The van der Waals surface area contributed by atoms with E-state index in [9.17, 15) is 0 Å². The summed E-state index contributed by atoms with van der Waals surface area (Å²) >= 11 is 6.99. The molecule has 0 radical (unpaired) electrons. The smallest absolute Gasteiger partial charge is 0.168 e. The van der Waals surface area contributed by atoms with Gasteiger partial charge < -0.3 is 10.6 Å². The van der Waals surface area contributed by atoms with Crippen LogP contribution < -0.4 is 10.6 Å². The first-order valence-electron chi connectivity index (χ1n) is 8.57. The molecule has 0 aromatic heterocycles. The van der Waals surface area contributed by atoms with E-state index in [-0.39, 0.29) is 12.1 Å². The molecule has 2 atom stereocenters. The topological polar surface area (TPSA) is 80.8 Å². The molecule has 4 nitrogen and oxygen atoms in total. The Bertz CT molecular complexity index is 693. The predicted octanol–water partition coefficient (Wildman–Crippen LogP) is 2.95. The minimum Gasteiger partial charge on any atom is -0.334 e. The van der Waals surface area contributed by atoms with E-state index in [0.717, 1.165) is 22.0 Å². The van der Waals surface area contributed by atoms with E-state index in [1.54, 1.807) is 0 Å². The highest BCUT2D eigenvalue weighted by atomic mass is 79.9. The van der Waals surface area contributed by atoms with Crippen LogP contribution in [0.3, 0.4) is 0 Å². The zero-order chi connectivity index (χ0) is 18.8. The summed E-state index contributed by atoms with van der Waals surface area (Å²) in [6.07, 6.45) is 1.02. The van der Waals surface area contributed by atoms with Gasteiger partial charge in [0, 0.05) is 20.1 Å². The van der Waals surface area contributed by atoms with Gasteiger partial charge in [0.2, 0.25) is 0 Å². The van der Waals surface area contributed by atoms with Crippen LogP contribution in [0.25, 0.3) is 0 Å². The van der Waals surface area contributed by atoms with Crippen LogP contribution in [0.2, 0.25) is 0 Å². The van der Waals surface area contributed by atoms with Crippen LogP contribution in [-0.2, 0) is 0 Å². The highest BCUT2D eigenvalue weighted by molar-refractivity contribution is 9.10. The molecule has 0 amide bonds. The molecule has 0 saturated heterocycles. The number of halogens is 2. The van der Waals surface area contributed by atoms with Gasteiger partial charge in [0.15, 0.2) is 12.1 Å². The largest absolute Gasteiger partial charge is 0.334 e. The van der Waals surface area contributed by atoms with E-state index in [2.05, 4.69) is 78.9 Å². The van der Waals surface area contributed by atoms with Crippen LogP contribution >= 0.6 is 31.9 Å².